The van der Waals surface area contributed by atoms with Crippen LogP contribution in [0.2, 0.25) is 0 Å². The highest BCUT2D eigenvalue weighted by molar-refractivity contribution is 5.37. The molecule has 1 rings (SSSR count). The molecular weight excluding hydrogens is 196 g/mol. The lowest BCUT2D eigenvalue weighted by molar-refractivity contribution is 0.145. The summed E-state index contributed by atoms with van der Waals surface area (Å²) in [6, 6.07) is 0. The van der Waals surface area contributed by atoms with Crippen LogP contribution in [0.1, 0.15) is 17.6 Å². The number of nitrogens with one attached hydrogen (secondary N) is 1. The number of aliphatic hydroxyl groups excluding tert-OH is 1. The summed E-state index contributed by atoms with van der Waals surface area (Å²) in [6.45, 7) is -0.660. The summed E-state index contributed by atoms with van der Waals surface area (Å²) in [5.74, 6) is -0.273. The lowest BCUT2D eigenvalue weighted by Gasteiger charge is -2.09. The number of aromatic nitrogens is 1. The van der Waals surface area contributed by atoms with E-state index in [0.717, 1.165) is 6.20 Å². The Morgan fingerprint density at radius 1 is 1.64 bits per heavy atom. The summed E-state index contributed by atoms with van der Waals surface area (Å²) in [5.41, 5.74) is -1.24. The summed E-state index contributed by atoms with van der Waals surface area (Å²) in [4.78, 5) is 13.2. The van der Waals surface area contributed by atoms with E-state index in [1.165, 1.54) is 7.11 Å². The molecular formula is C8H9F2NO3. The predicted molar refractivity (Wildman–Crippen MR) is 44.5 cm³/mol. The molecule has 1 aromatic rings. The van der Waals surface area contributed by atoms with Crippen LogP contribution in [0.5, 0.6) is 5.75 Å². The van der Waals surface area contributed by atoms with Gasteiger partial charge in [0.05, 0.1) is 13.7 Å². The second-order valence-electron chi connectivity index (χ2n) is 2.54. The minimum Gasteiger partial charge on any atom is -0.491 e. The topological polar surface area (TPSA) is 62.3 Å². The Kier molecular flexibility index (Phi) is 3.19. The summed E-state index contributed by atoms with van der Waals surface area (Å²) in [5, 5.41) is 8.84. The van der Waals surface area contributed by atoms with Crippen molar-refractivity contribution >= 4 is 0 Å². The Labute approximate surface area is 78.1 Å². The predicted octanol–water partition coefficient (Wildman–Crippen LogP) is 0.813. The highest BCUT2D eigenvalue weighted by Crippen LogP contribution is 2.26. The van der Waals surface area contributed by atoms with Crippen molar-refractivity contribution in [3.8, 4) is 5.75 Å². The number of rotatable bonds is 3. The molecule has 2 N–H and O–H groups in total. The third kappa shape index (κ3) is 1.74. The van der Waals surface area contributed by atoms with Crippen LogP contribution < -0.4 is 10.3 Å². The van der Waals surface area contributed by atoms with Crippen LogP contribution in [0.25, 0.3) is 0 Å². The van der Waals surface area contributed by atoms with Gasteiger partial charge in [0.15, 0.2) is 5.75 Å². The molecule has 0 fully saturated rings. The van der Waals surface area contributed by atoms with E-state index in [9.17, 15) is 13.6 Å². The van der Waals surface area contributed by atoms with Crippen molar-refractivity contribution in [1.29, 1.82) is 0 Å². The quantitative estimate of drug-likeness (QED) is 0.767. The first-order valence-electron chi connectivity index (χ1n) is 3.79. The Hall–Kier alpha value is -1.43. The highest BCUT2D eigenvalue weighted by Gasteiger charge is 2.18. The van der Waals surface area contributed by atoms with Gasteiger partial charge in [-0.3, -0.25) is 4.79 Å². The fourth-order valence-electron chi connectivity index (χ4n) is 1.14. The first-order chi connectivity index (χ1) is 6.61. The molecule has 1 heterocycles. The molecule has 1 aromatic heterocycles. The van der Waals surface area contributed by atoms with E-state index in [1.54, 1.807) is 0 Å². The van der Waals surface area contributed by atoms with Crippen LogP contribution in [-0.4, -0.2) is 17.2 Å². The van der Waals surface area contributed by atoms with Crippen molar-refractivity contribution in [2.75, 3.05) is 7.11 Å². The smallest absolute Gasteiger partial charge is 0.290 e. The maximum absolute atomic E-state index is 12.4. The van der Waals surface area contributed by atoms with Crippen LogP contribution in [-0.2, 0) is 6.61 Å². The number of methoxy groups -OCH3 is 1. The zero-order chi connectivity index (χ0) is 10.7. The molecule has 0 amide bonds. The molecule has 6 heteroatoms. The number of H-pyrrole nitrogens is 1. The summed E-state index contributed by atoms with van der Waals surface area (Å²) >= 11 is 0. The van der Waals surface area contributed by atoms with Crippen molar-refractivity contribution in [3.63, 3.8) is 0 Å². The summed E-state index contributed by atoms with van der Waals surface area (Å²) in [6.07, 6.45) is -1.89. The van der Waals surface area contributed by atoms with E-state index in [2.05, 4.69) is 9.72 Å². The minimum atomic E-state index is -2.76. The average Bonchev–Trinajstić information content (AvgIpc) is 2.16. The number of halogens is 2. The molecule has 0 aliphatic rings. The Morgan fingerprint density at radius 2 is 2.29 bits per heavy atom. The number of ether oxygens (including phenoxy) is 1. The Balaban J connectivity index is 3.40. The zero-order valence-corrected chi connectivity index (χ0v) is 7.38. The maximum atomic E-state index is 12.4. The van der Waals surface area contributed by atoms with Gasteiger partial charge in [-0.25, -0.2) is 8.78 Å². The van der Waals surface area contributed by atoms with E-state index in [1.807, 2.05) is 0 Å². The molecule has 0 aromatic carbocycles. The third-order valence-electron chi connectivity index (χ3n) is 1.78. The minimum absolute atomic E-state index is 0.175. The summed E-state index contributed by atoms with van der Waals surface area (Å²) in [7, 11) is 1.18. The third-order valence-corrected chi connectivity index (χ3v) is 1.78. The number of hydrogen-bond donors (Lipinski definition) is 2. The number of pyridine rings is 1. The first-order valence-corrected chi connectivity index (χ1v) is 3.79. The van der Waals surface area contributed by atoms with Gasteiger partial charge in [-0.2, -0.15) is 0 Å². The Morgan fingerprint density at radius 3 is 2.71 bits per heavy atom. The number of aliphatic hydroxyl groups is 1. The van der Waals surface area contributed by atoms with Gasteiger partial charge in [-0.15, -0.1) is 0 Å². The second-order valence-corrected chi connectivity index (χ2v) is 2.54. The van der Waals surface area contributed by atoms with Gasteiger partial charge in [0.1, 0.15) is 0 Å². The normalized spacial score (nSPS) is 10.6. The van der Waals surface area contributed by atoms with Crippen LogP contribution in [0.4, 0.5) is 8.78 Å². The molecule has 14 heavy (non-hydrogen) atoms. The highest BCUT2D eigenvalue weighted by atomic mass is 19.3. The van der Waals surface area contributed by atoms with Gasteiger partial charge < -0.3 is 14.8 Å². The van der Waals surface area contributed by atoms with E-state index in [0.29, 0.717) is 0 Å². The van der Waals surface area contributed by atoms with Gasteiger partial charge in [-0.1, -0.05) is 0 Å². The van der Waals surface area contributed by atoms with Gasteiger partial charge in [0.25, 0.3) is 12.0 Å². The average molecular weight is 205 g/mol. The Bertz CT molecular complexity index is 375. The van der Waals surface area contributed by atoms with Crippen LogP contribution in [0.15, 0.2) is 11.0 Å². The van der Waals surface area contributed by atoms with Crippen LogP contribution in [0.3, 0.4) is 0 Å². The van der Waals surface area contributed by atoms with Crippen LogP contribution >= 0.6 is 0 Å². The molecule has 0 radical (unpaired) electrons. The second kappa shape index (κ2) is 4.19. The first kappa shape index (κ1) is 10.6. The molecule has 0 bridgehead atoms. The molecule has 4 nitrogen and oxygen atoms in total. The van der Waals surface area contributed by atoms with Gasteiger partial charge in [0, 0.05) is 17.3 Å². The van der Waals surface area contributed by atoms with Crippen molar-refractivity contribution in [2.45, 2.75) is 13.0 Å². The molecule has 0 aliphatic heterocycles. The zero-order valence-electron chi connectivity index (χ0n) is 7.38. The fourth-order valence-corrected chi connectivity index (χ4v) is 1.14. The standard InChI is InChI=1S/C8H9F2NO3/c1-14-6-5(3-12)4(7(9)10)2-11-8(6)13/h2,7,12H,3H2,1H3,(H,11,13). The SMILES string of the molecule is COc1c(CO)c(C(F)F)c[nH]c1=O. The molecule has 0 atom stereocenters. The molecule has 0 spiro atoms. The van der Waals surface area contributed by atoms with E-state index in [-0.39, 0.29) is 11.3 Å². The van der Waals surface area contributed by atoms with Gasteiger partial charge >= 0.3 is 0 Å². The lowest BCUT2D eigenvalue weighted by atomic mass is 10.1. The van der Waals surface area contributed by atoms with Gasteiger partial charge in [-0.05, 0) is 0 Å². The van der Waals surface area contributed by atoms with Crippen molar-refractivity contribution in [2.24, 2.45) is 0 Å². The van der Waals surface area contributed by atoms with Crippen molar-refractivity contribution in [3.05, 3.63) is 27.7 Å². The van der Waals surface area contributed by atoms with E-state index < -0.39 is 24.2 Å². The summed E-state index contributed by atoms with van der Waals surface area (Å²) < 4.78 is 29.4. The van der Waals surface area contributed by atoms with Crippen molar-refractivity contribution in [1.82, 2.24) is 4.98 Å². The molecule has 78 valence electrons. The monoisotopic (exact) mass is 205 g/mol. The number of aromatic amines is 1. The molecule has 0 saturated carbocycles. The number of alkyl halides is 2. The van der Waals surface area contributed by atoms with E-state index in [4.69, 9.17) is 5.11 Å². The molecule has 0 aliphatic carbocycles. The van der Waals surface area contributed by atoms with Crippen molar-refractivity contribution < 1.29 is 18.6 Å². The van der Waals surface area contributed by atoms with Gasteiger partial charge in [0.2, 0.25) is 0 Å². The van der Waals surface area contributed by atoms with E-state index >= 15 is 0 Å². The molecule has 0 unspecified atom stereocenters. The lowest BCUT2D eigenvalue weighted by Crippen LogP contribution is -2.14. The fraction of sp³-hybridized carbons (Fsp3) is 0.375. The molecule has 0 saturated heterocycles. The largest absolute Gasteiger partial charge is 0.491 e. The van der Waals surface area contributed by atoms with Crippen LogP contribution in [0, 0.1) is 0 Å². The number of hydrogen-bond acceptors (Lipinski definition) is 3. The maximum Gasteiger partial charge on any atom is 0.290 e.